The van der Waals surface area contributed by atoms with Crippen molar-refractivity contribution in [2.24, 2.45) is 0 Å². The van der Waals surface area contributed by atoms with E-state index in [0.29, 0.717) is 21.9 Å². The van der Waals surface area contributed by atoms with Gasteiger partial charge in [0.25, 0.3) is 0 Å². The van der Waals surface area contributed by atoms with Crippen molar-refractivity contribution in [3.05, 3.63) is 28.6 Å². The quantitative estimate of drug-likeness (QED) is 0.848. The average Bonchev–Trinajstić information content (AvgIpc) is 2.57. The summed E-state index contributed by atoms with van der Waals surface area (Å²) in [6.07, 6.45) is 1.61. The van der Waals surface area contributed by atoms with Gasteiger partial charge >= 0.3 is 0 Å². The molecule has 0 bridgehead atoms. The summed E-state index contributed by atoms with van der Waals surface area (Å²) in [5.41, 5.74) is 5.63. The highest BCUT2D eigenvalue weighted by Crippen LogP contribution is 2.22. The molecule has 0 aliphatic rings. The Morgan fingerprint density at radius 3 is 2.79 bits per heavy atom. The Balaban J connectivity index is 2.47. The Bertz CT molecular complexity index is 467. The van der Waals surface area contributed by atoms with Crippen LogP contribution in [0, 0.1) is 6.92 Å². The van der Waals surface area contributed by atoms with Crippen LogP contribution in [0.1, 0.15) is 5.76 Å². The number of halogens is 1. The number of aryl methyl sites for hydroxylation is 1. The molecule has 0 atom stereocenters. The summed E-state index contributed by atoms with van der Waals surface area (Å²) in [7, 11) is 0. The van der Waals surface area contributed by atoms with E-state index < -0.39 is 0 Å². The van der Waals surface area contributed by atoms with Crippen LogP contribution in [0.5, 0.6) is 0 Å². The lowest BCUT2D eigenvalue weighted by Gasteiger charge is -1.98. The van der Waals surface area contributed by atoms with Crippen LogP contribution >= 0.6 is 15.9 Å². The second kappa shape index (κ2) is 3.42. The first-order chi connectivity index (χ1) is 6.66. The molecule has 2 aromatic rings. The van der Waals surface area contributed by atoms with Crippen molar-refractivity contribution in [3.8, 4) is 11.6 Å². The molecule has 0 radical (unpaired) electrons. The van der Waals surface area contributed by atoms with Gasteiger partial charge in [0, 0.05) is 6.20 Å². The largest absolute Gasteiger partial charge is 0.458 e. The fourth-order valence-corrected chi connectivity index (χ4v) is 1.24. The number of nitrogens with two attached hydrogens (primary N) is 1. The average molecular weight is 254 g/mol. The highest BCUT2D eigenvalue weighted by molar-refractivity contribution is 9.10. The molecule has 5 heteroatoms. The molecule has 72 valence electrons. The first-order valence-corrected chi connectivity index (χ1v) is 4.81. The molecular formula is C9H8BrN3O. The van der Waals surface area contributed by atoms with Crippen LogP contribution in [0.2, 0.25) is 0 Å². The van der Waals surface area contributed by atoms with Crippen LogP contribution in [0.4, 0.5) is 5.82 Å². The van der Waals surface area contributed by atoms with Gasteiger partial charge in [0.2, 0.25) is 0 Å². The summed E-state index contributed by atoms with van der Waals surface area (Å²) in [6.45, 7) is 1.87. The zero-order chi connectivity index (χ0) is 10.1. The van der Waals surface area contributed by atoms with Gasteiger partial charge in [-0.25, -0.2) is 9.97 Å². The molecule has 0 spiro atoms. The lowest BCUT2D eigenvalue weighted by Crippen LogP contribution is -1.95. The van der Waals surface area contributed by atoms with Crippen LogP contribution in [-0.2, 0) is 0 Å². The van der Waals surface area contributed by atoms with Gasteiger partial charge in [0.15, 0.2) is 11.6 Å². The molecule has 0 fully saturated rings. The predicted octanol–water partition coefficient (Wildman–Crippen LogP) is 2.39. The molecule has 0 saturated carbocycles. The van der Waals surface area contributed by atoms with Crippen molar-refractivity contribution in [1.82, 2.24) is 9.97 Å². The van der Waals surface area contributed by atoms with Crippen molar-refractivity contribution in [2.45, 2.75) is 6.92 Å². The van der Waals surface area contributed by atoms with Gasteiger partial charge in [-0.05, 0) is 35.0 Å². The standard InChI is InChI=1S/C9H8BrN3O/c1-5-2-3-7(14-5)9-12-4-6(10)8(11)13-9/h2-4H,1H3,(H2,11,12,13). The molecule has 0 saturated heterocycles. The second-order valence-corrected chi connectivity index (χ2v) is 3.69. The smallest absolute Gasteiger partial charge is 0.197 e. The Kier molecular flexibility index (Phi) is 2.25. The van der Waals surface area contributed by atoms with Crippen LogP contribution in [0.15, 0.2) is 27.2 Å². The first kappa shape index (κ1) is 9.21. The van der Waals surface area contributed by atoms with E-state index in [9.17, 15) is 0 Å². The summed E-state index contributed by atoms with van der Waals surface area (Å²) in [5, 5.41) is 0. The van der Waals surface area contributed by atoms with E-state index in [1.54, 1.807) is 6.20 Å². The zero-order valence-corrected chi connectivity index (χ0v) is 9.08. The normalized spacial score (nSPS) is 10.4. The van der Waals surface area contributed by atoms with Crippen LogP contribution in [0.3, 0.4) is 0 Å². The van der Waals surface area contributed by atoms with E-state index in [4.69, 9.17) is 10.2 Å². The molecule has 14 heavy (non-hydrogen) atoms. The number of rotatable bonds is 1. The molecule has 0 amide bonds. The number of nitrogen functional groups attached to an aromatic ring is 1. The second-order valence-electron chi connectivity index (χ2n) is 2.84. The van der Waals surface area contributed by atoms with Crippen molar-refractivity contribution in [3.63, 3.8) is 0 Å². The van der Waals surface area contributed by atoms with Gasteiger partial charge in [-0.15, -0.1) is 0 Å². The highest BCUT2D eigenvalue weighted by atomic mass is 79.9. The van der Waals surface area contributed by atoms with Gasteiger partial charge < -0.3 is 10.2 Å². The van der Waals surface area contributed by atoms with E-state index in [-0.39, 0.29) is 0 Å². The number of hydrogen-bond donors (Lipinski definition) is 1. The maximum absolute atomic E-state index is 5.63. The number of aromatic nitrogens is 2. The van der Waals surface area contributed by atoms with Gasteiger partial charge in [0.05, 0.1) is 4.47 Å². The van der Waals surface area contributed by atoms with Gasteiger partial charge in [-0.3, -0.25) is 0 Å². The number of hydrogen-bond acceptors (Lipinski definition) is 4. The van der Waals surface area contributed by atoms with Gasteiger partial charge in [-0.1, -0.05) is 0 Å². The molecule has 2 heterocycles. The molecule has 2 aromatic heterocycles. The summed E-state index contributed by atoms with van der Waals surface area (Å²) < 4.78 is 6.05. The van der Waals surface area contributed by atoms with Crippen molar-refractivity contribution in [1.29, 1.82) is 0 Å². The van der Waals surface area contributed by atoms with Gasteiger partial charge in [-0.2, -0.15) is 0 Å². The monoisotopic (exact) mass is 253 g/mol. The first-order valence-electron chi connectivity index (χ1n) is 4.01. The van der Waals surface area contributed by atoms with Crippen LogP contribution in [-0.4, -0.2) is 9.97 Å². The van der Waals surface area contributed by atoms with Crippen LogP contribution < -0.4 is 5.73 Å². The van der Waals surface area contributed by atoms with E-state index in [1.165, 1.54) is 0 Å². The molecule has 0 aliphatic carbocycles. The highest BCUT2D eigenvalue weighted by Gasteiger charge is 2.07. The summed E-state index contributed by atoms with van der Waals surface area (Å²) in [4.78, 5) is 8.17. The van der Waals surface area contributed by atoms with Crippen molar-refractivity contribution < 1.29 is 4.42 Å². The summed E-state index contributed by atoms with van der Waals surface area (Å²) in [6, 6.07) is 3.68. The molecule has 2 N–H and O–H groups in total. The van der Waals surface area contributed by atoms with E-state index in [1.807, 2.05) is 19.1 Å². The SMILES string of the molecule is Cc1ccc(-c2ncc(Br)c(N)n2)o1. The zero-order valence-electron chi connectivity index (χ0n) is 7.49. The fourth-order valence-electron chi connectivity index (χ4n) is 1.05. The third kappa shape index (κ3) is 1.63. The minimum Gasteiger partial charge on any atom is -0.458 e. The molecule has 0 aromatic carbocycles. The molecule has 4 nitrogen and oxygen atoms in total. The Morgan fingerprint density at radius 1 is 1.43 bits per heavy atom. The minimum absolute atomic E-state index is 0.407. The third-order valence-corrected chi connectivity index (χ3v) is 2.34. The van der Waals surface area contributed by atoms with E-state index in [0.717, 1.165) is 5.76 Å². The molecule has 0 unspecified atom stereocenters. The Labute approximate surface area is 89.3 Å². The maximum atomic E-state index is 5.63. The van der Waals surface area contributed by atoms with E-state index in [2.05, 4.69) is 25.9 Å². The summed E-state index contributed by atoms with van der Waals surface area (Å²) in [5.74, 6) is 2.36. The molecular weight excluding hydrogens is 246 g/mol. The maximum Gasteiger partial charge on any atom is 0.197 e. The number of anilines is 1. The lowest BCUT2D eigenvalue weighted by atomic mass is 10.4. The van der Waals surface area contributed by atoms with Gasteiger partial charge in [0.1, 0.15) is 11.6 Å². The number of furan rings is 1. The lowest BCUT2D eigenvalue weighted by molar-refractivity contribution is 0.544. The van der Waals surface area contributed by atoms with Crippen molar-refractivity contribution >= 4 is 21.7 Å². The molecule has 2 rings (SSSR count). The molecule has 0 aliphatic heterocycles. The fraction of sp³-hybridized carbons (Fsp3) is 0.111. The summed E-state index contributed by atoms with van der Waals surface area (Å²) >= 11 is 3.23. The Hall–Kier alpha value is -1.36. The predicted molar refractivity (Wildman–Crippen MR) is 56.6 cm³/mol. The third-order valence-electron chi connectivity index (χ3n) is 1.73. The van der Waals surface area contributed by atoms with Crippen molar-refractivity contribution in [2.75, 3.05) is 5.73 Å². The minimum atomic E-state index is 0.407. The number of nitrogens with zero attached hydrogens (tertiary/aromatic N) is 2. The Morgan fingerprint density at radius 2 is 2.21 bits per heavy atom. The topological polar surface area (TPSA) is 64.9 Å². The van der Waals surface area contributed by atoms with E-state index >= 15 is 0 Å². The van der Waals surface area contributed by atoms with Crippen LogP contribution in [0.25, 0.3) is 11.6 Å².